The maximum atomic E-state index is 5.88. The van der Waals surface area contributed by atoms with Crippen molar-refractivity contribution in [2.24, 2.45) is 5.92 Å². The van der Waals surface area contributed by atoms with Crippen LogP contribution in [-0.2, 0) is 12.8 Å². The van der Waals surface area contributed by atoms with Gasteiger partial charge in [0.2, 0.25) is 0 Å². The van der Waals surface area contributed by atoms with Gasteiger partial charge in [0.25, 0.3) is 0 Å². The van der Waals surface area contributed by atoms with Crippen LogP contribution in [0.4, 0.5) is 0 Å². The van der Waals surface area contributed by atoms with Crippen molar-refractivity contribution in [2.75, 3.05) is 6.61 Å². The lowest BCUT2D eigenvalue weighted by molar-refractivity contribution is 0.180. The van der Waals surface area contributed by atoms with Crippen LogP contribution in [0.25, 0.3) is 0 Å². The van der Waals surface area contributed by atoms with E-state index in [0.717, 1.165) is 18.3 Å². The van der Waals surface area contributed by atoms with Crippen LogP contribution in [0.3, 0.4) is 0 Å². The first-order valence-corrected chi connectivity index (χ1v) is 6.66. The SMILES string of the molecule is c1cc2c(cc1OCC1CCC1)CCCC2. The molecule has 0 N–H and O–H groups in total. The number of benzene rings is 1. The maximum absolute atomic E-state index is 5.88. The molecular formula is C15H20O. The Morgan fingerprint density at radius 1 is 1.00 bits per heavy atom. The lowest BCUT2D eigenvalue weighted by Crippen LogP contribution is -2.19. The first-order valence-electron chi connectivity index (χ1n) is 6.66. The lowest BCUT2D eigenvalue weighted by atomic mass is 9.86. The van der Waals surface area contributed by atoms with Gasteiger partial charge < -0.3 is 4.74 Å². The van der Waals surface area contributed by atoms with E-state index in [0.29, 0.717) is 0 Å². The first kappa shape index (κ1) is 10.2. The largest absolute Gasteiger partial charge is 0.493 e. The summed E-state index contributed by atoms with van der Waals surface area (Å²) in [6, 6.07) is 6.70. The van der Waals surface area contributed by atoms with Crippen molar-refractivity contribution in [3.05, 3.63) is 29.3 Å². The summed E-state index contributed by atoms with van der Waals surface area (Å²) in [6.45, 7) is 0.929. The Balaban J connectivity index is 1.65. The molecule has 0 bridgehead atoms. The van der Waals surface area contributed by atoms with Gasteiger partial charge in [-0.2, -0.15) is 0 Å². The van der Waals surface area contributed by atoms with Gasteiger partial charge in [0, 0.05) is 0 Å². The molecule has 0 unspecified atom stereocenters. The van der Waals surface area contributed by atoms with E-state index in [4.69, 9.17) is 4.74 Å². The van der Waals surface area contributed by atoms with E-state index < -0.39 is 0 Å². The highest BCUT2D eigenvalue weighted by atomic mass is 16.5. The maximum Gasteiger partial charge on any atom is 0.119 e. The molecule has 1 aromatic rings. The normalized spacial score (nSPS) is 20.0. The van der Waals surface area contributed by atoms with Gasteiger partial charge >= 0.3 is 0 Å². The molecule has 86 valence electrons. The van der Waals surface area contributed by atoms with Crippen LogP contribution in [0, 0.1) is 5.92 Å². The zero-order valence-corrected chi connectivity index (χ0v) is 9.87. The molecule has 16 heavy (non-hydrogen) atoms. The second-order valence-corrected chi connectivity index (χ2v) is 5.25. The fourth-order valence-corrected chi connectivity index (χ4v) is 2.67. The molecule has 1 saturated carbocycles. The Labute approximate surface area is 97.8 Å². The number of hydrogen-bond donors (Lipinski definition) is 0. The van der Waals surface area contributed by atoms with E-state index in [-0.39, 0.29) is 0 Å². The second kappa shape index (κ2) is 4.48. The van der Waals surface area contributed by atoms with Crippen LogP contribution in [0.2, 0.25) is 0 Å². The summed E-state index contributed by atoms with van der Waals surface area (Å²) in [5.74, 6) is 1.92. The average Bonchev–Trinajstić information content (AvgIpc) is 2.27. The van der Waals surface area contributed by atoms with E-state index in [2.05, 4.69) is 18.2 Å². The zero-order chi connectivity index (χ0) is 10.8. The van der Waals surface area contributed by atoms with Crippen molar-refractivity contribution in [1.29, 1.82) is 0 Å². The zero-order valence-electron chi connectivity index (χ0n) is 9.87. The van der Waals surface area contributed by atoms with Crippen LogP contribution >= 0.6 is 0 Å². The highest BCUT2D eigenvalue weighted by Crippen LogP contribution is 2.29. The molecule has 0 amide bonds. The smallest absolute Gasteiger partial charge is 0.119 e. The van der Waals surface area contributed by atoms with Gasteiger partial charge in [-0.25, -0.2) is 0 Å². The topological polar surface area (TPSA) is 9.23 Å². The third-order valence-corrected chi connectivity index (χ3v) is 4.03. The van der Waals surface area contributed by atoms with Gasteiger partial charge in [-0.3, -0.25) is 0 Å². The molecule has 0 heterocycles. The molecule has 2 aliphatic rings. The van der Waals surface area contributed by atoms with Crippen molar-refractivity contribution in [3.63, 3.8) is 0 Å². The Kier molecular flexibility index (Phi) is 2.86. The fraction of sp³-hybridized carbons (Fsp3) is 0.600. The standard InChI is InChI=1S/C15H20O/c1-2-7-14-10-15(9-8-13(14)6-1)16-11-12-4-3-5-12/h8-10,12H,1-7,11H2. The molecule has 1 fully saturated rings. The summed E-state index contributed by atoms with van der Waals surface area (Å²) in [6.07, 6.45) is 9.34. The van der Waals surface area contributed by atoms with Crippen molar-refractivity contribution in [1.82, 2.24) is 0 Å². The molecule has 0 spiro atoms. The van der Waals surface area contributed by atoms with Crippen LogP contribution in [0.5, 0.6) is 5.75 Å². The highest BCUT2D eigenvalue weighted by Gasteiger charge is 2.18. The van der Waals surface area contributed by atoms with Crippen molar-refractivity contribution in [2.45, 2.75) is 44.9 Å². The van der Waals surface area contributed by atoms with Crippen molar-refractivity contribution >= 4 is 0 Å². The van der Waals surface area contributed by atoms with Gasteiger partial charge in [-0.05, 0) is 67.7 Å². The Bertz CT molecular complexity index is 366. The van der Waals surface area contributed by atoms with Gasteiger partial charge in [0.15, 0.2) is 0 Å². The number of rotatable bonds is 3. The molecule has 0 saturated heterocycles. The van der Waals surface area contributed by atoms with Crippen LogP contribution < -0.4 is 4.74 Å². The summed E-state index contributed by atoms with van der Waals surface area (Å²) in [4.78, 5) is 0. The monoisotopic (exact) mass is 216 g/mol. The van der Waals surface area contributed by atoms with Gasteiger partial charge in [0.1, 0.15) is 5.75 Å². The summed E-state index contributed by atoms with van der Waals surface area (Å²) in [5, 5.41) is 0. The average molecular weight is 216 g/mol. The second-order valence-electron chi connectivity index (χ2n) is 5.25. The third-order valence-electron chi connectivity index (χ3n) is 4.03. The van der Waals surface area contributed by atoms with E-state index in [1.807, 2.05) is 0 Å². The molecule has 2 aliphatic carbocycles. The van der Waals surface area contributed by atoms with E-state index in [1.165, 1.54) is 50.5 Å². The van der Waals surface area contributed by atoms with Crippen molar-refractivity contribution in [3.8, 4) is 5.75 Å². The number of fused-ring (bicyclic) bond motifs is 1. The van der Waals surface area contributed by atoms with Crippen LogP contribution in [0.1, 0.15) is 43.2 Å². The van der Waals surface area contributed by atoms with Crippen molar-refractivity contribution < 1.29 is 4.74 Å². The fourth-order valence-electron chi connectivity index (χ4n) is 2.67. The number of ether oxygens (including phenoxy) is 1. The molecule has 0 radical (unpaired) electrons. The minimum atomic E-state index is 0.830. The quantitative estimate of drug-likeness (QED) is 0.747. The molecule has 0 atom stereocenters. The first-order chi connectivity index (χ1) is 7.92. The molecule has 1 heteroatoms. The van der Waals surface area contributed by atoms with E-state index in [9.17, 15) is 0 Å². The van der Waals surface area contributed by atoms with Gasteiger partial charge in [0.05, 0.1) is 6.61 Å². The van der Waals surface area contributed by atoms with E-state index in [1.54, 1.807) is 5.56 Å². The minimum Gasteiger partial charge on any atom is -0.493 e. The van der Waals surface area contributed by atoms with Gasteiger partial charge in [-0.15, -0.1) is 0 Å². The predicted octanol–water partition coefficient (Wildman–Crippen LogP) is 3.74. The summed E-state index contributed by atoms with van der Waals surface area (Å²) < 4.78 is 5.88. The molecule has 1 nitrogen and oxygen atoms in total. The van der Waals surface area contributed by atoms with Gasteiger partial charge in [-0.1, -0.05) is 12.5 Å². The summed E-state index contributed by atoms with van der Waals surface area (Å²) >= 11 is 0. The van der Waals surface area contributed by atoms with E-state index >= 15 is 0 Å². The molecular weight excluding hydrogens is 196 g/mol. The molecule has 1 aromatic carbocycles. The lowest BCUT2D eigenvalue weighted by Gasteiger charge is -2.25. The summed E-state index contributed by atoms with van der Waals surface area (Å²) in [7, 11) is 0. The minimum absolute atomic E-state index is 0.830. The predicted molar refractivity (Wildman–Crippen MR) is 65.9 cm³/mol. The molecule has 0 aliphatic heterocycles. The summed E-state index contributed by atoms with van der Waals surface area (Å²) in [5.41, 5.74) is 3.07. The van der Waals surface area contributed by atoms with Crippen LogP contribution in [0.15, 0.2) is 18.2 Å². The molecule has 0 aromatic heterocycles. The molecule has 3 rings (SSSR count). The Morgan fingerprint density at radius 2 is 1.81 bits per heavy atom. The number of hydrogen-bond acceptors (Lipinski definition) is 1. The highest BCUT2D eigenvalue weighted by molar-refractivity contribution is 5.37. The number of aryl methyl sites for hydroxylation is 2. The van der Waals surface area contributed by atoms with Crippen LogP contribution in [-0.4, -0.2) is 6.61 Å². The Hall–Kier alpha value is -0.980. The Morgan fingerprint density at radius 3 is 2.56 bits per heavy atom. The third kappa shape index (κ3) is 2.09.